The fraction of sp³-hybridized carbons (Fsp3) is 0.333. The first-order chi connectivity index (χ1) is 10.7. The van der Waals surface area contributed by atoms with Gasteiger partial charge in [0.25, 0.3) is 0 Å². The normalized spacial score (nSPS) is 10.3. The SMILES string of the molecule is CCc1ccc(OCCCOc2ccc(OC)cc2N)cc1. The average Bonchev–Trinajstić information content (AvgIpc) is 2.56. The van der Waals surface area contributed by atoms with E-state index in [9.17, 15) is 0 Å². The molecule has 0 aliphatic carbocycles. The third-order valence-electron chi connectivity index (χ3n) is 3.36. The summed E-state index contributed by atoms with van der Waals surface area (Å²) in [5.74, 6) is 2.29. The van der Waals surface area contributed by atoms with Gasteiger partial charge >= 0.3 is 0 Å². The van der Waals surface area contributed by atoms with Crippen molar-refractivity contribution in [2.75, 3.05) is 26.1 Å². The lowest BCUT2D eigenvalue weighted by Gasteiger charge is -2.11. The molecule has 0 unspecified atom stereocenters. The Hall–Kier alpha value is -2.36. The fourth-order valence-corrected chi connectivity index (χ4v) is 2.04. The second-order valence-electron chi connectivity index (χ2n) is 4.95. The quantitative estimate of drug-likeness (QED) is 0.597. The first kappa shape index (κ1) is 16.0. The number of hydrogen-bond acceptors (Lipinski definition) is 4. The topological polar surface area (TPSA) is 53.7 Å². The third kappa shape index (κ3) is 4.58. The van der Waals surface area contributed by atoms with Crippen molar-refractivity contribution in [2.24, 2.45) is 0 Å². The minimum Gasteiger partial charge on any atom is -0.497 e. The summed E-state index contributed by atoms with van der Waals surface area (Å²) in [4.78, 5) is 0. The zero-order valence-electron chi connectivity index (χ0n) is 13.2. The molecule has 0 fully saturated rings. The molecule has 118 valence electrons. The lowest BCUT2D eigenvalue weighted by atomic mass is 10.2. The van der Waals surface area contributed by atoms with Crippen LogP contribution in [-0.4, -0.2) is 20.3 Å². The van der Waals surface area contributed by atoms with E-state index < -0.39 is 0 Å². The maximum atomic E-state index is 5.89. The van der Waals surface area contributed by atoms with Crippen LogP contribution in [0.3, 0.4) is 0 Å². The highest BCUT2D eigenvalue weighted by Gasteiger charge is 2.02. The summed E-state index contributed by atoms with van der Waals surface area (Å²) in [5, 5.41) is 0. The van der Waals surface area contributed by atoms with Gasteiger partial charge in [-0.3, -0.25) is 0 Å². The summed E-state index contributed by atoms with van der Waals surface area (Å²) in [6.07, 6.45) is 1.83. The number of methoxy groups -OCH3 is 1. The molecule has 0 heterocycles. The Bertz CT molecular complexity index is 581. The second-order valence-corrected chi connectivity index (χ2v) is 4.95. The molecule has 0 aromatic heterocycles. The molecular formula is C18H23NO3. The van der Waals surface area contributed by atoms with Gasteiger partial charge in [0, 0.05) is 12.5 Å². The fourth-order valence-electron chi connectivity index (χ4n) is 2.04. The molecule has 4 heteroatoms. The first-order valence-corrected chi connectivity index (χ1v) is 7.51. The van der Waals surface area contributed by atoms with Crippen molar-refractivity contribution in [1.82, 2.24) is 0 Å². The molecule has 0 bridgehead atoms. The van der Waals surface area contributed by atoms with Gasteiger partial charge in [0.15, 0.2) is 0 Å². The monoisotopic (exact) mass is 301 g/mol. The van der Waals surface area contributed by atoms with Crippen molar-refractivity contribution >= 4 is 5.69 Å². The summed E-state index contributed by atoms with van der Waals surface area (Å²) < 4.78 is 16.4. The van der Waals surface area contributed by atoms with Crippen molar-refractivity contribution < 1.29 is 14.2 Å². The lowest BCUT2D eigenvalue weighted by molar-refractivity contribution is 0.248. The standard InChI is InChI=1S/C18H23NO3/c1-3-14-5-7-15(8-6-14)21-11-4-12-22-18-10-9-16(20-2)13-17(18)19/h5-10,13H,3-4,11-12,19H2,1-2H3. The van der Waals surface area contributed by atoms with Gasteiger partial charge in [-0.1, -0.05) is 19.1 Å². The van der Waals surface area contributed by atoms with Crippen LogP contribution in [0, 0.1) is 0 Å². The van der Waals surface area contributed by atoms with E-state index in [-0.39, 0.29) is 0 Å². The molecule has 4 nitrogen and oxygen atoms in total. The number of nitrogen functional groups attached to an aromatic ring is 1. The lowest BCUT2D eigenvalue weighted by Crippen LogP contribution is -2.06. The van der Waals surface area contributed by atoms with E-state index in [2.05, 4.69) is 19.1 Å². The Morgan fingerprint density at radius 3 is 2.23 bits per heavy atom. The molecule has 2 aromatic carbocycles. The van der Waals surface area contributed by atoms with E-state index in [1.807, 2.05) is 24.3 Å². The maximum Gasteiger partial charge on any atom is 0.142 e. The van der Waals surface area contributed by atoms with Crippen LogP contribution >= 0.6 is 0 Å². The minimum absolute atomic E-state index is 0.559. The van der Waals surface area contributed by atoms with E-state index in [1.165, 1.54) is 5.56 Å². The average molecular weight is 301 g/mol. The van der Waals surface area contributed by atoms with E-state index in [1.54, 1.807) is 13.2 Å². The van der Waals surface area contributed by atoms with E-state index in [0.29, 0.717) is 24.7 Å². The summed E-state index contributed by atoms with van der Waals surface area (Å²) in [5.41, 5.74) is 7.78. The Labute approximate surface area is 131 Å². The number of aryl methyl sites for hydroxylation is 1. The molecule has 2 N–H and O–H groups in total. The van der Waals surface area contributed by atoms with Gasteiger partial charge in [-0.15, -0.1) is 0 Å². The zero-order chi connectivity index (χ0) is 15.8. The number of hydrogen-bond donors (Lipinski definition) is 1. The van der Waals surface area contributed by atoms with Gasteiger partial charge in [0.2, 0.25) is 0 Å². The molecular weight excluding hydrogens is 278 g/mol. The molecule has 0 amide bonds. The Morgan fingerprint density at radius 2 is 1.59 bits per heavy atom. The summed E-state index contributed by atoms with van der Waals surface area (Å²) in [6.45, 7) is 3.31. The van der Waals surface area contributed by atoms with Crippen LogP contribution in [0.25, 0.3) is 0 Å². The molecule has 2 rings (SSSR count). The van der Waals surface area contributed by atoms with Gasteiger partial charge in [-0.2, -0.15) is 0 Å². The van der Waals surface area contributed by atoms with Crippen molar-refractivity contribution in [2.45, 2.75) is 19.8 Å². The molecule has 22 heavy (non-hydrogen) atoms. The number of anilines is 1. The molecule has 0 spiro atoms. The Morgan fingerprint density at radius 1 is 0.909 bits per heavy atom. The van der Waals surface area contributed by atoms with E-state index >= 15 is 0 Å². The molecule has 0 atom stereocenters. The third-order valence-corrected chi connectivity index (χ3v) is 3.36. The number of ether oxygens (including phenoxy) is 3. The summed E-state index contributed by atoms with van der Waals surface area (Å²) in [6, 6.07) is 13.6. The highest BCUT2D eigenvalue weighted by Crippen LogP contribution is 2.26. The molecule has 0 saturated carbocycles. The summed E-state index contributed by atoms with van der Waals surface area (Å²) in [7, 11) is 1.61. The van der Waals surface area contributed by atoms with E-state index in [0.717, 1.165) is 24.3 Å². The molecule has 0 radical (unpaired) electrons. The van der Waals surface area contributed by atoms with Crippen molar-refractivity contribution in [3.05, 3.63) is 48.0 Å². The van der Waals surface area contributed by atoms with Crippen LogP contribution in [-0.2, 0) is 6.42 Å². The second kappa shape index (κ2) is 8.17. The molecule has 0 saturated heterocycles. The van der Waals surface area contributed by atoms with E-state index in [4.69, 9.17) is 19.9 Å². The Kier molecular flexibility index (Phi) is 5.95. The van der Waals surface area contributed by atoms with Crippen molar-refractivity contribution in [3.8, 4) is 17.2 Å². The van der Waals surface area contributed by atoms with Gasteiger partial charge in [-0.25, -0.2) is 0 Å². The first-order valence-electron chi connectivity index (χ1n) is 7.51. The molecule has 0 aliphatic heterocycles. The van der Waals surface area contributed by atoms with Gasteiger partial charge in [-0.05, 0) is 36.2 Å². The predicted molar refractivity (Wildman–Crippen MR) is 88.8 cm³/mol. The zero-order valence-corrected chi connectivity index (χ0v) is 13.2. The number of rotatable bonds is 8. The van der Waals surface area contributed by atoms with Gasteiger partial charge in [0.05, 0.1) is 26.0 Å². The van der Waals surface area contributed by atoms with Crippen LogP contribution in [0.2, 0.25) is 0 Å². The number of benzene rings is 2. The van der Waals surface area contributed by atoms with Crippen LogP contribution in [0.4, 0.5) is 5.69 Å². The van der Waals surface area contributed by atoms with Crippen LogP contribution in [0.5, 0.6) is 17.2 Å². The van der Waals surface area contributed by atoms with Crippen LogP contribution < -0.4 is 19.9 Å². The summed E-state index contributed by atoms with van der Waals surface area (Å²) >= 11 is 0. The van der Waals surface area contributed by atoms with Gasteiger partial charge in [0.1, 0.15) is 17.2 Å². The van der Waals surface area contributed by atoms with Crippen molar-refractivity contribution in [1.29, 1.82) is 0 Å². The Balaban J connectivity index is 1.70. The molecule has 0 aliphatic rings. The molecule has 2 aromatic rings. The maximum absolute atomic E-state index is 5.89. The highest BCUT2D eigenvalue weighted by molar-refractivity contribution is 5.56. The highest BCUT2D eigenvalue weighted by atomic mass is 16.5. The van der Waals surface area contributed by atoms with Gasteiger partial charge < -0.3 is 19.9 Å². The number of nitrogens with two attached hydrogens (primary N) is 1. The smallest absolute Gasteiger partial charge is 0.142 e. The predicted octanol–water partition coefficient (Wildman–Crippen LogP) is 3.69. The van der Waals surface area contributed by atoms with Crippen LogP contribution in [0.1, 0.15) is 18.9 Å². The largest absolute Gasteiger partial charge is 0.497 e. The minimum atomic E-state index is 0.559. The van der Waals surface area contributed by atoms with Crippen molar-refractivity contribution in [3.63, 3.8) is 0 Å². The van der Waals surface area contributed by atoms with Crippen LogP contribution in [0.15, 0.2) is 42.5 Å².